The van der Waals surface area contributed by atoms with Gasteiger partial charge in [-0.25, -0.2) is 4.98 Å². The Morgan fingerprint density at radius 2 is 2.00 bits per heavy atom. The van der Waals surface area contributed by atoms with Crippen LogP contribution >= 0.6 is 0 Å². The van der Waals surface area contributed by atoms with Crippen molar-refractivity contribution < 1.29 is 9.84 Å². The molecule has 4 nitrogen and oxygen atoms in total. The fraction of sp³-hybridized carbons (Fsp3) is 0.312. The lowest BCUT2D eigenvalue weighted by Crippen LogP contribution is -2.08. The van der Waals surface area contributed by atoms with Crippen LogP contribution in [0.5, 0.6) is 11.5 Å². The molecule has 1 aromatic heterocycles. The Hall–Kier alpha value is -2.23. The molecule has 0 atom stereocenters. The van der Waals surface area contributed by atoms with Crippen LogP contribution in [0.25, 0.3) is 0 Å². The van der Waals surface area contributed by atoms with Crippen LogP contribution in [0.2, 0.25) is 0 Å². The van der Waals surface area contributed by atoms with Gasteiger partial charge < -0.3 is 15.2 Å². The Morgan fingerprint density at radius 3 is 2.75 bits per heavy atom. The third kappa shape index (κ3) is 4.16. The first-order chi connectivity index (χ1) is 9.79. The van der Waals surface area contributed by atoms with Crippen LogP contribution in [-0.4, -0.2) is 23.2 Å². The first kappa shape index (κ1) is 14.2. The molecule has 0 unspecified atom stereocenters. The number of hydrogen-bond acceptors (Lipinski definition) is 4. The molecule has 0 aliphatic rings. The number of anilines is 1. The van der Waals surface area contributed by atoms with E-state index in [9.17, 15) is 5.11 Å². The molecule has 4 heteroatoms. The Balaban J connectivity index is 1.88. The Morgan fingerprint density at radius 1 is 1.20 bits per heavy atom. The molecular weight excluding hydrogens is 252 g/mol. The molecular formula is C16H20N2O2. The zero-order valence-corrected chi connectivity index (χ0v) is 11.7. The normalized spacial score (nSPS) is 10.2. The molecule has 0 aliphatic heterocycles. The van der Waals surface area contributed by atoms with Gasteiger partial charge in [-0.1, -0.05) is 19.1 Å². The van der Waals surface area contributed by atoms with E-state index < -0.39 is 0 Å². The number of nitrogens with zero attached hydrogens (tertiary/aromatic N) is 1. The number of aromatic hydroxyl groups is 1. The van der Waals surface area contributed by atoms with Gasteiger partial charge in [-0.15, -0.1) is 0 Å². The number of hydrogen-bond donors (Lipinski definition) is 2. The van der Waals surface area contributed by atoms with Crippen molar-refractivity contribution in [2.75, 3.05) is 18.5 Å². The quantitative estimate of drug-likeness (QED) is 0.812. The predicted octanol–water partition coefficient (Wildman–Crippen LogP) is 3.23. The van der Waals surface area contributed by atoms with E-state index in [1.54, 1.807) is 18.3 Å². The molecule has 2 N–H and O–H groups in total. The average Bonchev–Trinajstić information content (AvgIpc) is 2.48. The van der Waals surface area contributed by atoms with Crippen molar-refractivity contribution in [2.45, 2.75) is 19.8 Å². The van der Waals surface area contributed by atoms with E-state index in [0.717, 1.165) is 31.0 Å². The van der Waals surface area contributed by atoms with Gasteiger partial charge in [0.15, 0.2) is 11.6 Å². The van der Waals surface area contributed by atoms with Crippen LogP contribution in [-0.2, 0) is 6.42 Å². The summed E-state index contributed by atoms with van der Waals surface area (Å²) in [5, 5.41) is 12.5. The van der Waals surface area contributed by atoms with Crippen LogP contribution in [0.15, 0.2) is 42.6 Å². The Labute approximate surface area is 119 Å². The van der Waals surface area contributed by atoms with Gasteiger partial charge in [0, 0.05) is 12.7 Å². The van der Waals surface area contributed by atoms with Crippen molar-refractivity contribution in [2.24, 2.45) is 0 Å². The second-order valence-electron chi connectivity index (χ2n) is 4.54. The zero-order chi connectivity index (χ0) is 14.2. The molecule has 106 valence electrons. The van der Waals surface area contributed by atoms with Crippen molar-refractivity contribution in [3.8, 4) is 11.5 Å². The minimum Gasteiger partial charge on any atom is -0.508 e. The highest BCUT2D eigenvalue weighted by atomic mass is 16.5. The van der Waals surface area contributed by atoms with Crippen LogP contribution in [0.1, 0.15) is 18.9 Å². The third-order valence-electron chi connectivity index (χ3n) is 2.87. The van der Waals surface area contributed by atoms with Crippen LogP contribution in [0.3, 0.4) is 0 Å². The average molecular weight is 272 g/mol. The molecule has 20 heavy (non-hydrogen) atoms. The van der Waals surface area contributed by atoms with Gasteiger partial charge in [0.25, 0.3) is 0 Å². The molecule has 0 aliphatic carbocycles. The number of ether oxygens (including phenoxy) is 1. The van der Waals surface area contributed by atoms with E-state index in [-0.39, 0.29) is 0 Å². The number of nitrogens with one attached hydrogen (secondary N) is 1. The van der Waals surface area contributed by atoms with Crippen molar-refractivity contribution in [3.05, 3.63) is 48.2 Å². The minimum absolute atomic E-state index is 0.293. The van der Waals surface area contributed by atoms with Crippen LogP contribution < -0.4 is 10.1 Å². The molecule has 2 aromatic rings. The van der Waals surface area contributed by atoms with Crippen molar-refractivity contribution in [1.82, 2.24) is 4.98 Å². The summed E-state index contributed by atoms with van der Waals surface area (Å²) < 4.78 is 5.65. The van der Waals surface area contributed by atoms with Crippen LogP contribution in [0, 0.1) is 0 Å². The summed E-state index contributed by atoms with van der Waals surface area (Å²) in [5.74, 6) is 1.86. The van der Waals surface area contributed by atoms with Gasteiger partial charge >= 0.3 is 0 Å². The highest BCUT2D eigenvalue weighted by molar-refractivity contribution is 5.49. The molecule has 0 saturated carbocycles. The van der Waals surface area contributed by atoms with E-state index in [1.165, 1.54) is 5.56 Å². The first-order valence-corrected chi connectivity index (χ1v) is 6.89. The summed E-state index contributed by atoms with van der Waals surface area (Å²) in [6, 6.07) is 11.0. The minimum atomic E-state index is 0.293. The second-order valence-corrected chi connectivity index (χ2v) is 4.54. The largest absolute Gasteiger partial charge is 0.508 e. The third-order valence-corrected chi connectivity index (χ3v) is 2.87. The second kappa shape index (κ2) is 7.38. The molecule has 0 fully saturated rings. The van der Waals surface area contributed by atoms with Gasteiger partial charge in [0.1, 0.15) is 5.75 Å². The van der Waals surface area contributed by atoms with E-state index in [2.05, 4.69) is 17.2 Å². The summed E-state index contributed by atoms with van der Waals surface area (Å²) in [7, 11) is 0. The Bertz CT molecular complexity index is 526. The van der Waals surface area contributed by atoms with E-state index >= 15 is 0 Å². The van der Waals surface area contributed by atoms with E-state index in [0.29, 0.717) is 12.4 Å². The van der Waals surface area contributed by atoms with Gasteiger partial charge in [-0.2, -0.15) is 0 Å². The molecule has 0 radical (unpaired) electrons. The number of pyridine rings is 1. The van der Waals surface area contributed by atoms with Crippen molar-refractivity contribution >= 4 is 5.82 Å². The van der Waals surface area contributed by atoms with Crippen molar-refractivity contribution in [1.29, 1.82) is 0 Å². The number of rotatable bonds is 7. The Kier molecular flexibility index (Phi) is 5.24. The molecule has 0 spiro atoms. The lowest BCUT2D eigenvalue weighted by molar-refractivity contribution is 0.318. The maximum absolute atomic E-state index is 9.24. The van der Waals surface area contributed by atoms with E-state index in [1.807, 2.05) is 24.3 Å². The highest BCUT2D eigenvalue weighted by Gasteiger charge is 2.03. The summed E-state index contributed by atoms with van der Waals surface area (Å²) in [5.41, 5.74) is 1.17. The molecule has 1 heterocycles. The highest BCUT2D eigenvalue weighted by Crippen LogP contribution is 2.21. The summed E-state index contributed by atoms with van der Waals surface area (Å²) in [4.78, 5) is 4.30. The van der Waals surface area contributed by atoms with Crippen LogP contribution in [0.4, 0.5) is 5.82 Å². The van der Waals surface area contributed by atoms with Crippen molar-refractivity contribution in [3.63, 3.8) is 0 Å². The molecule has 0 amide bonds. The maximum Gasteiger partial charge on any atom is 0.168 e. The fourth-order valence-electron chi connectivity index (χ4n) is 1.84. The maximum atomic E-state index is 9.24. The molecule has 2 rings (SSSR count). The summed E-state index contributed by atoms with van der Waals surface area (Å²) in [6.07, 6.45) is 3.59. The fourth-order valence-corrected chi connectivity index (χ4v) is 1.84. The van der Waals surface area contributed by atoms with Gasteiger partial charge in [-0.05, 0) is 42.7 Å². The molecule has 0 saturated heterocycles. The predicted molar refractivity (Wildman–Crippen MR) is 80.3 cm³/mol. The topological polar surface area (TPSA) is 54.4 Å². The number of phenolic OH excluding ortho intramolecular Hbond substituents is 1. The zero-order valence-electron chi connectivity index (χ0n) is 11.7. The van der Waals surface area contributed by atoms with Gasteiger partial charge in [0.05, 0.1) is 6.61 Å². The lowest BCUT2D eigenvalue weighted by Gasteiger charge is -2.11. The monoisotopic (exact) mass is 272 g/mol. The smallest absolute Gasteiger partial charge is 0.168 e. The molecule has 1 aromatic carbocycles. The summed E-state index contributed by atoms with van der Waals surface area (Å²) in [6.45, 7) is 3.54. The number of aromatic nitrogens is 1. The summed E-state index contributed by atoms with van der Waals surface area (Å²) >= 11 is 0. The van der Waals surface area contributed by atoms with Gasteiger partial charge in [0.2, 0.25) is 0 Å². The lowest BCUT2D eigenvalue weighted by atomic mass is 10.1. The molecule has 0 bridgehead atoms. The first-order valence-electron chi connectivity index (χ1n) is 6.89. The number of phenols is 1. The standard InChI is InChI=1S/C16H20N2O2/c1-2-12-20-15-4-3-10-17-16(15)18-11-9-13-5-7-14(19)8-6-13/h3-8,10,19H,2,9,11-12H2,1H3,(H,17,18). The van der Waals surface area contributed by atoms with Gasteiger partial charge in [-0.3, -0.25) is 0 Å². The SMILES string of the molecule is CCCOc1cccnc1NCCc1ccc(O)cc1. The van der Waals surface area contributed by atoms with E-state index in [4.69, 9.17) is 4.74 Å². The number of benzene rings is 1.